The first kappa shape index (κ1) is 18.6. The van der Waals surface area contributed by atoms with Gasteiger partial charge >= 0.3 is 0 Å². The highest BCUT2D eigenvalue weighted by Crippen LogP contribution is 2.19. The number of rotatable bonds is 4. The quantitative estimate of drug-likeness (QED) is 0.591. The zero-order valence-electron chi connectivity index (χ0n) is 14.2. The zero-order chi connectivity index (χ0) is 19.6. The number of halogens is 1. The van der Waals surface area contributed by atoms with Gasteiger partial charge in [-0.2, -0.15) is 0 Å². The third-order valence-corrected chi connectivity index (χ3v) is 5.07. The molecule has 1 aromatic heterocycles. The number of nitrogens with one attached hydrogen (secondary N) is 3. The number of hydrogen-bond donors (Lipinski definition) is 3. The molecule has 1 heterocycles. The highest BCUT2D eigenvalue weighted by Gasteiger charge is 2.12. The molecule has 27 heavy (non-hydrogen) atoms. The van der Waals surface area contributed by atoms with Crippen molar-refractivity contribution in [2.45, 2.75) is 11.3 Å². The van der Waals surface area contributed by atoms with Gasteiger partial charge in [-0.3, -0.25) is 20.4 Å². The van der Waals surface area contributed by atoms with E-state index < -0.39 is 27.5 Å². The van der Waals surface area contributed by atoms with Crippen molar-refractivity contribution in [3.63, 3.8) is 0 Å². The molecule has 0 atom stereocenters. The maximum absolute atomic E-state index is 13.4. The van der Waals surface area contributed by atoms with Crippen LogP contribution in [0.4, 0.5) is 4.39 Å². The van der Waals surface area contributed by atoms with E-state index in [1.165, 1.54) is 36.4 Å². The summed E-state index contributed by atoms with van der Waals surface area (Å²) in [6, 6.07) is 9.54. The largest absolute Gasteiger partial charge is 0.361 e. The van der Waals surface area contributed by atoms with E-state index in [4.69, 9.17) is 0 Å². The Hall–Kier alpha value is -3.20. The van der Waals surface area contributed by atoms with Crippen molar-refractivity contribution in [1.29, 1.82) is 0 Å². The summed E-state index contributed by atoms with van der Waals surface area (Å²) < 4.78 is 36.2. The van der Waals surface area contributed by atoms with Gasteiger partial charge in [0.25, 0.3) is 5.91 Å². The second-order valence-electron chi connectivity index (χ2n) is 5.98. The molecule has 3 N–H and O–H groups in total. The summed E-state index contributed by atoms with van der Waals surface area (Å²) in [6.07, 6.45) is 2.62. The number of sulfone groups is 1. The minimum absolute atomic E-state index is 0.0588. The Kier molecular flexibility index (Phi) is 4.95. The van der Waals surface area contributed by atoms with Gasteiger partial charge in [-0.15, -0.1) is 0 Å². The normalized spacial score (nSPS) is 11.3. The number of benzene rings is 2. The number of fused-ring (bicyclic) bond motifs is 1. The minimum atomic E-state index is -3.35. The second-order valence-corrected chi connectivity index (χ2v) is 8.00. The molecule has 0 bridgehead atoms. The van der Waals surface area contributed by atoms with Crippen LogP contribution in [-0.2, 0) is 21.1 Å². The number of amides is 2. The van der Waals surface area contributed by atoms with Crippen LogP contribution >= 0.6 is 0 Å². The lowest BCUT2D eigenvalue weighted by atomic mass is 10.1. The molecule has 0 aliphatic heterocycles. The van der Waals surface area contributed by atoms with Gasteiger partial charge < -0.3 is 4.98 Å². The van der Waals surface area contributed by atoms with E-state index in [1.807, 2.05) is 0 Å². The Balaban J connectivity index is 1.61. The third-order valence-electron chi connectivity index (χ3n) is 3.94. The van der Waals surface area contributed by atoms with E-state index in [1.54, 1.807) is 12.3 Å². The number of hydrazine groups is 1. The smallest absolute Gasteiger partial charge is 0.269 e. The fraction of sp³-hybridized carbons (Fsp3) is 0.111. The average Bonchev–Trinajstić information content (AvgIpc) is 3.01. The van der Waals surface area contributed by atoms with Crippen molar-refractivity contribution in [2.24, 2.45) is 0 Å². The molecule has 0 saturated heterocycles. The van der Waals surface area contributed by atoms with Crippen LogP contribution in [0.5, 0.6) is 0 Å². The predicted octanol–water partition coefficient (Wildman–Crippen LogP) is 1.71. The molecule has 9 heteroatoms. The Morgan fingerprint density at radius 2 is 1.78 bits per heavy atom. The number of carbonyl (C=O) groups is 2. The van der Waals surface area contributed by atoms with Gasteiger partial charge in [0.05, 0.1) is 11.3 Å². The molecule has 0 aliphatic rings. The van der Waals surface area contributed by atoms with Crippen LogP contribution in [0.3, 0.4) is 0 Å². The molecular weight excluding hydrogens is 373 g/mol. The maximum atomic E-state index is 13.4. The predicted molar refractivity (Wildman–Crippen MR) is 97.1 cm³/mol. The summed E-state index contributed by atoms with van der Waals surface area (Å²) in [6.45, 7) is 0. The number of H-pyrrole nitrogens is 1. The van der Waals surface area contributed by atoms with Crippen molar-refractivity contribution in [1.82, 2.24) is 15.8 Å². The van der Waals surface area contributed by atoms with Crippen molar-refractivity contribution < 1.29 is 22.4 Å². The lowest BCUT2D eigenvalue weighted by Gasteiger charge is -2.07. The van der Waals surface area contributed by atoms with Crippen LogP contribution in [-0.4, -0.2) is 31.5 Å². The SMILES string of the molecule is CS(=O)(=O)c1ccc(C(=O)NNC(=O)Cc2c[nH]c3ccc(F)cc23)cc1. The van der Waals surface area contributed by atoms with E-state index in [0.717, 1.165) is 6.26 Å². The number of aromatic amines is 1. The monoisotopic (exact) mass is 389 g/mol. The molecule has 140 valence electrons. The van der Waals surface area contributed by atoms with Crippen LogP contribution < -0.4 is 10.9 Å². The molecule has 0 unspecified atom stereocenters. The Morgan fingerprint density at radius 1 is 1.07 bits per heavy atom. The molecule has 2 aromatic carbocycles. The molecule has 3 rings (SSSR count). The lowest BCUT2D eigenvalue weighted by molar-refractivity contribution is -0.121. The fourth-order valence-corrected chi connectivity index (χ4v) is 3.20. The third kappa shape index (κ3) is 4.32. The van der Waals surface area contributed by atoms with Crippen molar-refractivity contribution >= 4 is 32.6 Å². The van der Waals surface area contributed by atoms with Gasteiger partial charge in [-0.1, -0.05) is 0 Å². The molecule has 0 spiro atoms. The first-order valence-corrected chi connectivity index (χ1v) is 9.78. The van der Waals surface area contributed by atoms with Crippen molar-refractivity contribution in [2.75, 3.05) is 6.26 Å². The molecule has 3 aromatic rings. The number of hydrogen-bond acceptors (Lipinski definition) is 4. The van der Waals surface area contributed by atoms with Crippen LogP contribution in [0.1, 0.15) is 15.9 Å². The summed E-state index contributed by atoms with van der Waals surface area (Å²) in [4.78, 5) is 27.1. The van der Waals surface area contributed by atoms with E-state index >= 15 is 0 Å². The highest BCUT2D eigenvalue weighted by molar-refractivity contribution is 7.90. The summed E-state index contributed by atoms with van der Waals surface area (Å²) in [5.41, 5.74) is 6.02. The first-order valence-electron chi connectivity index (χ1n) is 7.89. The summed E-state index contributed by atoms with van der Waals surface area (Å²) in [5, 5.41) is 0.591. The van der Waals surface area contributed by atoms with Crippen LogP contribution in [0.15, 0.2) is 53.6 Å². The molecule has 0 radical (unpaired) electrons. The van der Waals surface area contributed by atoms with Gasteiger partial charge in [0.1, 0.15) is 5.82 Å². The van der Waals surface area contributed by atoms with Gasteiger partial charge in [0.15, 0.2) is 9.84 Å². The molecule has 0 fully saturated rings. The summed E-state index contributed by atoms with van der Waals surface area (Å²) >= 11 is 0. The highest BCUT2D eigenvalue weighted by atomic mass is 32.2. The van der Waals surface area contributed by atoms with Gasteiger partial charge in [-0.25, -0.2) is 12.8 Å². The molecular formula is C18H16FN3O4S. The standard InChI is InChI=1S/C18H16FN3O4S/c1-27(25,26)14-5-2-11(3-6-14)18(24)22-21-17(23)8-12-10-20-16-7-4-13(19)9-15(12)16/h2-7,9-10,20H,8H2,1H3,(H,21,23)(H,22,24). The van der Waals surface area contributed by atoms with Gasteiger partial charge in [-0.05, 0) is 48.0 Å². The van der Waals surface area contributed by atoms with Gasteiger partial charge in [0, 0.05) is 28.9 Å². The zero-order valence-corrected chi connectivity index (χ0v) is 15.1. The van der Waals surface area contributed by atoms with Crippen LogP contribution in [0.25, 0.3) is 10.9 Å². The molecule has 0 aliphatic carbocycles. The van der Waals surface area contributed by atoms with E-state index in [9.17, 15) is 22.4 Å². The molecule has 7 nitrogen and oxygen atoms in total. The van der Waals surface area contributed by atoms with Gasteiger partial charge in [0.2, 0.25) is 5.91 Å². The van der Waals surface area contributed by atoms with E-state index in [2.05, 4.69) is 15.8 Å². The molecule has 2 amide bonds. The van der Waals surface area contributed by atoms with E-state index in [-0.39, 0.29) is 16.9 Å². The van der Waals surface area contributed by atoms with Crippen LogP contribution in [0, 0.1) is 5.82 Å². The fourth-order valence-electron chi connectivity index (χ4n) is 2.57. The number of aromatic nitrogens is 1. The van der Waals surface area contributed by atoms with Crippen LogP contribution in [0.2, 0.25) is 0 Å². The Bertz CT molecular complexity index is 1120. The first-order chi connectivity index (χ1) is 12.7. The Labute approximate surface area is 154 Å². The van der Waals surface area contributed by atoms with E-state index in [0.29, 0.717) is 16.5 Å². The summed E-state index contributed by atoms with van der Waals surface area (Å²) in [5.74, 6) is -1.48. The average molecular weight is 389 g/mol. The summed E-state index contributed by atoms with van der Waals surface area (Å²) in [7, 11) is -3.35. The van der Waals surface area contributed by atoms with Crippen molar-refractivity contribution in [3.8, 4) is 0 Å². The maximum Gasteiger partial charge on any atom is 0.269 e. The minimum Gasteiger partial charge on any atom is -0.361 e. The van der Waals surface area contributed by atoms with Crippen molar-refractivity contribution in [3.05, 3.63) is 65.6 Å². The second kappa shape index (κ2) is 7.20. The topological polar surface area (TPSA) is 108 Å². The Morgan fingerprint density at radius 3 is 2.44 bits per heavy atom. The molecule has 0 saturated carbocycles. The lowest BCUT2D eigenvalue weighted by Crippen LogP contribution is -2.42. The number of carbonyl (C=O) groups excluding carboxylic acids is 2.